The van der Waals surface area contributed by atoms with Crippen molar-refractivity contribution in [2.24, 2.45) is 10.9 Å². The van der Waals surface area contributed by atoms with E-state index in [1.165, 1.54) is 24.0 Å². The van der Waals surface area contributed by atoms with Gasteiger partial charge in [0.15, 0.2) is 10.9 Å². The molecule has 0 aromatic carbocycles. The maximum atomic E-state index is 11.1. The third kappa shape index (κ3) is 3.14. The quantitative estimate of drug-likeness (QED) is 0.287. The molecule has 0 saturated heterocycles. The van der Waals surface area contributed by atoms with Crippen LogP contribution in [0.25, 0.3) is 0 Å². The van der Waals surface area contributed by atoms with Crippen molar-refractivity contribution in [1.82, 2.24) is 4.98 Å². The van der Waals surface area contributed by atoms with Crippen molar-refractivity contribution in [2.75, 3.05) is 0 Å². The number of nitrogens with zero attached hydrogens (tertiary/aromatic N) is 3. The molecule has 102 valence electrons. The van der Waals surface area contributed by atoms with Crippen LogP contribution in [0.1, 0.15) is 31.2 Å². The SMILES string of the molecule is NC(=NO)c1cnc(SC2CCCC2)c([N+](=O)[O-])c1. The van der Waals surface area contributed by atoms with Crippen molar-refractivity contribution in [3.63, 3.8) is 0 Å². The van der Waals surface area contributed by atoms with Crippen molar-refractivity contribution >= 4 is 23.3 Å². The Bertz CT molecular complexity index is 515. The van der Waals surface area contributed by atoms with Crippen LogP contribution in [0.4, 0.5) is 5.69 Å². The van der Waals surface area contributed by atoms with Gasteiger partial charge in [-0.15, -0.1) is 0 Å². The topological polar surface area (TPSA) is 115 Å². The summed E-state index contributed by atoms with van der Waals surface area (Å²) >= 11 is 1.44. The Kier molecular flexibility index (Phi) is 4.20. The van der Waals surface area contributed by atoms with E-state index in [0.29, 0.717) is 10.3 Å². The maximum Gasteiger partial charge on any atom is 0.302 e. The molecule has 0 atom stereocenters. The number of nitro groups is 1. The van der Waals surface area contributed by atoms with Crippen LogP contribution in [-0.2, 0) is 0 Å². The van der Waals surface area contributed by atoms with E-state index in [-0.39, 0.29) is 17.1 Å². The summed E-state index contributed by atoms with van der Waals surface area (Å²) in [6.45, 7) is 0. The van der Waals surface area contributed by atoms with E-state index < -0.39 is 4.92 Å². The van der Waals surface area contributed by atoms with E-state index in [2.05, 4.69) is 10.1 Å². The minimum absolute atomic E-state index is 0.0963. The molecule has 1 aromatic heterocycles. The number of thioether (sulfide) groups is 1. The Balaban J connectivity index is 2.29. The average Bonchev–Trinajstić information content (AvgIpc) is 2.91. The molecular weight excluding hydrogens is 268 g/mol. The second-order valence-corrected chi connectivity index (χ2v) is 5.60. The van der Waals surface area contributed by atoms with Gasteiger partial charge in [0.2, 0.25) is 0 Å². The van der Waals surface area contributed by atoms with Crippen LogP contribution in [0, 0.1) is 10.1 Å². The minimum Gasteiger partial charge on any atom is -0.409 e. The number of oxime groups is 1. The fraction of sp³-hybridized carbons (Fsp3) is 0.455. The monoisotopic (exact) mass is 282 g/mol. The first-order chi connectivity index (χ1) is 9.11. The van der Waals surface area contributed by atoms with Crippen LogP contribution in [0.3, 0.4) is 0 Å². The van der Waals surface area contributed by atoms with Gasteiger partial charge in [0.05, 0.1) is 4.92 Å². The Morgan fingerprint density at radius 1 is 1.58 bits per heavy atom. The number of pyridine rings is 1. The lowest BCUT2D eigenvalue weighted by atomic mass is 10.2. The Morgan fingerprint density at radius 3 is 2.84 bits per heavy atom. The lowest BCUT2D eigenvalue weighted by Gasteiger charge is -2.08. The Hall–Kier alpha value is -1.83. The molecule has 1 fully saturated rings. The highest BCUT2D eigenvalue weighted by Crippen LogP contribution is 2.37. The van der Waals surface area contributed by atoms with Crippen LogP contribution >= 0.6 is 11.8 Å². The van der Waals surface area contributed by atoms with Crippen LogP contribution < -0.4 is 5.73 Å². The number of amidine groups is 1. The van der Waals surface area contributed by atoms with E-state index in [1.54, 1.807) is 0 Å². The van der Waals surface area contributed by atoms with E-state index in [9.17, 15) is 10.1 Å². The first kappa shape index (κ1) is 13.6. The zero-order chi connectivity index (χ0) is 13.8. The second-order valence-electron chi connectivity index (χ2n) is 4.31. The van der Waals surface area contributed by atoms with Crippen molar-refractivity contribution in [3.05, 3.63) is 27.9 Å². The summed E-state index contributed by atoms with van der Waals surface area (Å²) in [5.41, 5.74) is 5.55. The molecule has 1 aliphatic carbocycles. The number of hydrogen-bond donors (Lipinski definition) is 2. The summed E-state index contributed by atoms with van der Waals surface area (Å²) in [6, 6.07) is 1.29. The zero-order valence-electron chi connectivity index (χ0n) is 10.2. The predicted molar refractivity (Wildman–Crippen MR) is 71.5 cm³/mol. The van der Waals surface area contributed by atoms with Gasteiger partial charge in [0.1, 0.15) is 0 Å². The third-order valence-corrected chi connectivity index (χ3v) is 4.36. The third-order valence-electron chi connectivity index (χ3n) is 3.01. The van der Waals surface area contributed by atoms with E-state index in [4.69, 9.17) is 10.9 Å². The summed E-state index contributed by atoms with van der Waals surface area (Å²) in [5.74, 6) is -0.187. The van der Waals surface area contributed by atoms with Crippen molar-refractivity contribution in [1.29, 1.82) is 0 Å². The minimum atomic E-state index is -0.488. The van der Waals surface area contributed by atoms with E-state index in [1.807, 2.05) is 0 Å². The fourth-order valence-corrected chi connectivity index (χ4v) is 3.28. The molecule has 8 heteroatoms. The molecule has 3 N–H and O–H groups in total. The summed E-state index contributed by atoms with van der Waals surface area (Å²) in [6.07, 6.45) is 5.83. The van der Waals surface area contributed by atoms with Crippen molar-refractivity contribution < 1.29 is 10.1 Å². The lowest BCUT2D eigenvalue weighted by molar-refractivity contribution is -0.388. The molecule has 1 heterocycles. The largest absolute Gasteiger partial charge is 0.409 e. The number of aromatic nitrogens is 1. The molecule has 0 aliphatic heterocycles. The van der Waals surface area contributed by atoms with Gasteiger partial charge in [-0.3, -0.25) is 10.1 Å². The zero-order valence-corrected chi connectivity index (χ0v) is 11.0. The molecule has 0 amide bonds. The first-order valence-corrected chi connectivity index (χ1v) is 6.78. The van der Waals surface area contributed by atoms with E-state index in [0.717, 1.165) is 25.7 Å². The van der Waals surface area contributed by atoms with Gasteiger partial charge in [0, 0.05) is 23.1 Å². The summed E-state index contributed by atoms with van der Waals surface area (Å²) in [4.78, 5) is 14.7. The molecule has 0 unspecified atom stereocenters. The van der Waals surface area contributed by atoms with Crippen LogP contribution in [0.2, 0.25) is 0 Å². The number of rotatable bonds is 4. The first-order valence-electron chi connectivity index (χ1n) is 5.91. The molecule has 2 rings (SSSR count). The van der Waals surface area contributed by atoms with Gasteiger partial charge in [-0.1, -0.05) is 29.8 Å². The van der Waals surface area contributed by atoms with Crippen molar-refractivity contribution in [2.45, 2.75) is 36.0 Å². The molecular formula is C11H14N4O3S. The molecule has 1 saturated carbocycles. The normalized spacial score (nSPS) is 16.7. The van der Waals surface area contributed by atoms with Gasteiger partial charge in [-0.05, 0) is 12.8 Å². The number of hydrogen-bond acceptors (Lipinski definition) is 6. The summed E-state index contributed by atoms with van der Waals surface area (Å²) < 4.78 is 0. The highest BCUT2D eigenvalue weighted by Gasteiger charge is 2.23. The maximum absolute atomic E-state index is 11.1. The van der Waals surface area contributed by atoms with E-state index >= 15 is 0 Å². The molecule has 19 heavy (non-hydrogen) atoms. The molecule has 0 bridgehead atoms. The lowest BCUT2D eigenvalue weighted by Crippen LogP contribution is -2.14. The van der Waals surface area contributed by atoms with Gasteiger partial charge in [0.25, 0.3) is 0 Å². The van der Waals surface area contributed by atoms with Crippen LogP contribution in [0.5, 0.6) is 0 Å². The Labute approximate surface area is 114 Å². The standard InChI is InChI=1S/C11H14N4O3S/c12-10(14-16)7-5-9(15(17)18)11(13-6-7)19-8-3-1-2-4-8/h5-6,8,16H,1-4H2,(H2,12,14). The highest BCUT2D eigenvalue weighted by molar-refractivity contribution is 8.00. The highest BCUT2D eigenvalue weighted by atomic mass is 32.2. The van der Waals surface area contributed by atoms with Gasteiger partial charge in [-0.25, -0.2) is 4.98 Å². The average molecular weight is 282 g/mol. The Morgan fingerprint density at radius 2 is 2.26 bits per heavy atom. The summed E-state index contributed by atoms with van der Waals surface area (Å²) in [7, 11) is 0. The second kappa shape index (κ2) is 5.87. The molecule has 1 aromatic rings. The van der Waals surface area contributed by atoms with Gasteiger partial charge in [-0.2, -0.15) is 0 Å². The fourth-order valence-electron chi connectivity index (χ4n) is 2.02. The van der Waals surface area contributed by atoms with Crippen LogP contribution in [-0.4, -0.2) is 26.2 Å². The predicted octanol–water partition coefficient (Wildman–Crippen LogP) is 2.12. The number of nitrogens with two attached hydrogens (primary N) is 1. The van der Waals surface area contributed by atoms with Gasteiger partial charge < -0.3 is 10.9 Å². The summed E-state index contributed by atoms with van der Waals surface area (Å²) in [5, 5.41) is 23.2. The smallest absolute Gasteiger partial charge is 0.302 e. The molecule has 1 aliphatic rings. The van der Waals surface area contributed by atoms with Crippen molar-refractivity contribution in [3.8, 4) is 0 Å². The van der Waals surface area contributed by atoms with Crippen LogP contribution in [0.15, 0.2) is 22.4 Å². The van der Waals surface area contributed by atoms with Gasteiger partial charge >= 0.3 is 5.69 Å². The molecule has 0 spiro atoms. The molecule has 0 radical (unpaired) electrons. The molecule has 7 nitrogen and oxygen atoms in total.